The van der Waals surface area contributed by atoms with Gasteiger partial charge in [-0.2, -0.15) is 0 Å². The predicted octanol–water partition coefficient (Wildman–Crippen LogP) is 3.73. The first-order valence-electron chi connectivity index (χ1n) is 11.0. The average molecular weight is 414 g/mol. The third-order valence-electron chi connectivity index (χ3n) is 6.45. The molecule has 0 N–H and O–H groups in total. The van der Waals surface area contributed by atoms with Crippen molar-refractivity contribution >= 4 is 11.6 Å². The molecule has 3 heterocycles. The summed E-state index contributed by atoms with van der Waals surface area (Å²) < 4.78 is 1.79. The number of pyridine rings is 1. The van der Waals surface area contributed by atoms with E-state index in [9.17, 15) is 9.59 Å². The van der Waals surface area contributed by atoms with Crippen LogP contribution in [0.3, 0.4) is 0 Å². The molecular formula is C26H27N3O2. The van der Waals surface area contributed by atoms with Crippen molar-refractivity contribution in [1.82, 2.24) is 9.47 Å². The van der Waals surface area contributed by atoms with Crippen LogP contribution in [0.15, 0.2) is 65.5 Å². The van der Waals surface area contributed by atoms with Crippen LogP contribution in [0, 0.1) is 6.92 Å². The van der Waals surface area contributed by atoms with Crippen LogP contribution in [-0.2, 0) is 13.0 Å². The van der Waals surface area contributed by atoms with E-state index in [1.165, 1.54) is 11.3 Å². The van der Waals surface area contributed by atoms with Gasteiger partial charge in [-0.3, -0.25) is 9.59 Å². The number of fused-ring (bicyclic) bond motifs is 1. The zero-order valence-electron chi connectivity index (χ0n) is 17.9. The van der Waals surface area contributed by atoms with Gasteiger partial charge < -0.3 is 14.4 Å². The van der Waals surface area contributed by atoms with Gasteiger partial charge in [0.2, 0.25) is 0 Å². The molecule has 1 saturated heterocycles. The predicted molar refractivity (Wildman–Crippen MR) is 124 cm³/mol. The van der Waals surface area contributed by atoms with Gasteiger partial charge in [0.05, 0.1) is 5.56 Å². The normalized spacial score (nSPS) is 15.8. The quantitative estimate of drug-likeness (QED) is 0.657. The van der Waals surface area contributed by atoms with Crippen molar-refractivity contribution in [1.29, 1.82) is 0 Å². The number of carbonyl (C=O) groups is 1. The molecule has 0 radical (unpaired) electrons. The molecule has 0 bridgehead atoms. The molecule has 158 valence electrons. The van der Waals surface area contributed by atoms with Crippen molar-refractivity contribution < 1.29 is 4.79 Å². The Bertz CT molecular complexity index is 1180. The van der Waals surface area contributed by atoms with Gasteiger partial charge >= 0.3 is 0 Å². The number of aromatic nitrogens is 1. The van der Waals surface area contributed by atoms with E-state index in [-0.39, 0.29) is 11.5 Å². The Balaban J connectivity index is 1.46. The second kappa shape index (κ2) is 8.06. The molecule has 2 aliphatic rings. The van der Waals surface area contributed by atoms with E-state index in [2.05, 4.69) is 36.1 Å². The number of benzene rings is 2. The highest BCUT2D eigenvalue weighted by atomic mass is 16.2. The van der Waals surface area contributed by atoms with Gasteiger partial charge in [0.25, 0.3) is 11.5 Å². The molecule has 0 atom stereocenters. The average Bonchev–Trinajstić information content (AvgIpc) is 3.30. The highest BCUT2D eigenvalue weighted by Crippen LogP contribution is 2.30. The number of aryl methyl sites for hydroxylation is 1. The van der Waals surface area contributed by atoms with Crippen LogP contribution in [-0.4, -0.2) is 41.6 Å². The monoisotopic (exact) mass is 413 g/mol. The standard InChI is InChI=1S/C26H27N3O2/c1-19-7-5-10-21(17-19)27-13-15-28(16-14-27)26(31)25-22(20-8-3-2-4-9-20)18-24(30)29-12-6-11-23(25)29/h2-5,7-10,17-18H,6,11-16H2,1H3. The molecular weight excluding hydrogens is 386 g/mol. The number of nitrogens with zero attached hydrogens (tertiary/aromatic N) is 3. The van der Waals surface area contributed by atoms with Crippen LogP contribution in [0.4, 0.5) is 5.69 Å². The Kier molecular flexibility index (Phi) is 5.10. The van der Waals surface area contributed by atoms with Crippen LogP contribution in [0.5, 0.6) is 0 Å². The summed E-state index contributed by atoms with van der Waals surface area (Å²) in [7, 11) is 0. The summed E-state index contributed by atoms with van der Waals surface area (Å²) in [5.41, 5.74) is 5.76. The van der Waals surface area contributed by atoms with Crippen molar-refractivity contribution in [3.63, 3.8) is 0 Å². The first-order valence-corrected chi connectivity index (χ1v) is 11.0. The molecule has 0 saturated carbocycles. The minimum absolute atomic E-state index is 0.00725. The van der Waals surface area contributed by atoms with Crippen molar-refractivity contribution in [2.75, 3.05) is 31.1 Å². The molecule has 5 nitrogen and oxygen atoms in total. The van der Waals surface area contributed by atoms with Crippen molar-refractivity contribution in [2.45, 2.75) is 26.3 Å². The fourth-order valence-corrected chi connectivity index (χ4v) is 4.84. The maximum atomic E-state index is 13.8. The lowest BCUT2D eigenvalue weighted by Crippen LogP contribution is -2.49. The number of anilines is 1. The Hall–Kier alpha value is -3.34. The zero-order valence-corrected chi connectivity index (χ0v) is 17.9. The number of hydrogen-bond acceptors (Lipinski definition) is 3. The summed E-state index contributed by atoms with van der Waals surface area (Å²) in [6.45, 7) is 5.78. The number of piperazine rings is 1. The maximum Gasteiger partial charge on any atom is 0.256 e. The van der Waals surface area contributed by atoms with E-state index in [1.807, 2.05) is 35.2 Å². The third-order valence-corrected chi connectivity index (χ3v) is 6.45. The Labute approximate surface area is 182 Å². The van der Waals surface area contributed by atoms with Crippen LogP contribution in [0.1, 0.15) is 28.0 Å². The van der Waals surface area contributed by atoms with Crippen LogP contribution < -0.4 is 10.5 Å². The molecule has 1 aromatic heterocycles. The highest BCUT2D eigenvalue weighted by Gasteiger charge is 2.30. The Morgan fingerprint density at radius 3 is 2.39 bits per heavy atom. The van der Waals surface area contributed by atoms with Gasteiger partial charge in [0.1, 0.15) is 0 Å². The van der Waals surface area contributed by atoms with Gasteiger partial charge in [-0.15, -0.1) is 0 Å². The third kappa shape index (κ3) is 3.65. The molecule has 1 amide bonds. The van der Waals surface area contributed by atoms with E-state index < -0.39 is 0 Å². The van der Waals surface area contributed by atoms with Gasteiger partial charge in [-0.25, -0.2) is 0 Å². The summed E-state index contributed by atoms with van der Waals surface area (Å²) in [5, 5.41) is 0. The molecule has 31 heavy (non-hydrogen) atoms. The van der Waals surface area contributed by atoms with Crippen LogP contribution in [0.2, 0.25) is 0 Å². The summed E-state index contributed by atoms with van der Waals surface area (Å²) in [6.07, 6.45) is 1.69. The van der Waals surface area contributed by atoms with Crippen molar-refractivity contribution in [3.8, 4) is 11.1 Å². The number of amides is 1. The van der Waals surface area contributed by atoms with Crippen molar-refractivity contribution in [3.05, 3.63) is 87.8 Å². The Morgan fingerprint density at radius 2 is 1.65 bits per heavy atom. The molecule has 0 unspecified atom stereocenters. The highest BCUT2D eigenvalue weighted by molar-refractivity contribution is 6.02. The van der Waals surface area contributed by atoms with E-state index in [0.29, 0.717) is 25.2 Å². The maximum absolute atomic E-state index is 13.8. The minimum atomic E-state index is -0.00725. The summed E-state index contributed by atoms with van der Waals surface area (Å²) in [6, 6.07) is 20.0. The second-order valence-electron chi connectivity index (χ2n) is 8.46. The Morgan fingerprint density at radius 1 is 0.871 bits per heavy atom. The first-order chi connectivity index (χ1) is 15.1. The lowest BCUT2D eigenvalue weighted by Gasteiger charge is -2.36. The fourth-order valence-electron chi connectivity index (χ4n) is 4.84. The largest absolute Gasteiger partial charge is 0.368 e. The molecule has 3 aromatic rings. The van der Waals surface area contributed by atoms with Crippen LogP contribution >= 0.6 is 0 Å². The van der Waals surface area contributed by atoms with Gasteiger partial charge in [-0.05, 0) is 43.0 Å². The van der Waals surface area contributed by atoms with Gasteiger partial charge in [0, 0.05) is 55.7 Å². The summed E-state index contributed by atoms with van der Waals surface area (Å²) in [4.78, 5) is 30.8. The van der Waals surface area contributed by atoms with Crippen molar-refractivity contribution in [2.24, 2.45) is 0 Å². The van der Waals surface area contributed by atoms with E-state index in [0.717, 1.165) is 42.8 Å². The van der Waals surface area contributed by atoms with E-state index >= 15 is 0 Å². The summed E-state index contributed by atoms with van der Waals surface area (Å²) in [5.74, 6) is 0.0494. The lowest BCUT2D eigenvalue weighted by atomic mass is 9.96. The van der Waals surface area contributed by atoms with Crippen LogP contribution in [0.25, 0.3) is 11.1 Å². The molecule has 0 spiro atoms. The van der Waals surface area contributed by atoms with Gasteiger partial charge in [-0.1, -0.05) is 42.5 Å². The van der Waals surface area contributed by atoms with Gasteiger partial charge in [0.15, 0.2) is 0 Å². The molecule has 5 rings (SSSR count). The number of carbonyl (C=O) groups excluding carboxylic acids is 1. The SMILES string of the molecule is Cc1cccc(N2CCN(C(=O)c3c(-c4ccccc4)cc(=O)n4c3CCC4)CC2)c1. The van der Waals surface area contributed by atoms with E-state index in [4.69, 9.17) is 0 Å². The minimum Gasteiger partial charge on any atom is -0.368 e. The fraction of sp³-hybridized carbons (Fsp3) is 0.308. The summed E-state index contributed by atoms with van der Waals surface area (Å²) >= 11 is 0. The lowest BCUT2D eigenvalue weighted by molar-refractivity contribution is 0.0745. The number of rotatable bonds is 3. The second-order valence-corrected chi connectivity index (χ2v) is 8.46. The topological polar surface area (TPSA) is 45.6 Å². The molecule has 2 aromatic carbocycles. The molecule has 0 aliphatic carbocycles. The molecule has 2 aliphatic heterocycles. The van der Waals surface area contributed by atoms with E-state index in [1.54, 1.807) is 10.6 Å². The zero-order chi connectivity index (χ0) is 21.4. The first kappa shape index (κ1) is 19.6. The molecule has 5 heteroatoms. The smallest absolute Gasteiger partial charge is 0.256 e. The molecule has 1 fully saturated rings. The number of hydrogen-bond donors (Lipinski definition) is 0.